The van der Waals surface area contributed by atoms with Crippen LogP contribution in [0, 0.1) is 20.8 Å². The van der Waals surface area contributed by atoms with Crippen LogP contribution in [0.4, 0.5) is 0 Å². The highest BCUT2D eigenvalue weighted by Gasteiger charge is 2.31. The molecule has 2 unspecified atom stereocenters. The molecule has 27 heavy (non-hydrogen) atoms. The average molecular weight is 386 g/mol. The molecule has 3 nitrogen and oxygen atoms in total. The van der Waals surface area contributed by atoms with Crippen LogP contribution in [0.2, 0.25) is 0 Å². The monoisotopic (exact) mass is 386 g/mol. The van der Waals surface area contributed by atoms with Crippen LogP contribution < -0.4 is 10.0 Å². The maximum absolute atomic E-state index is 11.6. The summed E-state index contributed by atoms with van der Waals surface area (Å²) in [5.41, 5.74) is 5.44. The van der Waals surface area contributed by atoms with Gasteiger partial charge in [-0.3, -0.25) is 4.79 Å². The van der Waals surface area contributed by atoms with Crippen LogP contribution in [0.25, 0.3) is 0 Å². The molecule has 2 aromatic rings. The fourth-order valence-corrected chi connectivity index (χ4v) is 5.36. The Bertz CT molecular complexity index is 800. The molecule has 2 rings (SSSR count). The molecule has 2 atom stereocenters. The molecule has 0 spiro atoms. The minimum absolute atomic E-state index is 0.110. The van der Waals surface area contributed by atoms with E-state index in [0.717, 1.165) is 46.9 Å². The molecule has 2 aromatic carbocycles. The predicted octanol–water partition coefficient (Wildman–Crippen LogP) is 5.43. The molecule has 146 valence electrons. The van der Waals surface area contributed by atoms with Crippen molar-refractivity contribution in [3.05, 3.63) is 58.1 Å². The molecule has 0 aliphatic heterocycles. The SMILES string of the molecule is CCCC(C)(Pc1ccc(C)cc1C=O)c1cc(C)cc(C)c1OCOC. The van der Waals surface area contributed by atoms with Crippen LogP contribution in [0.1, 0.15) is 59.3 Å². The first-order valence-electron chi connectivity index (χ1n) is 9.42. The van der Waals surface area contributed by atoms with Crippen molar-refractivity contribution < 1.29 is 14.3 Å². The zero-order valence-electron chi connectivity index (χ0n) is 17.3. The Balaban J connectivity index is 2.57. The molecular weight excluding hydrogens is 355 g/mol. The second-order valence-corrected chi connectivity index (χ2v) is 9.32. The fraction of sp³-hybridized carbons (Fsp3) is 0.435. The van der Waals surface area contributed by atoms with Crippen molar-refractivity contribution in [2.75, 3.05) is 13.9 Å². The number of rotatable bonds is 9. The molecule has 0 aliphatic carbocycles. The number of carbonyl (C=O) groups excluding carboxylic acids is 1. The minimum atomic E-state index is -0.110. The van der Waals surface area contributed by atoms with Crippen molar-refractivity contribution in [1.82, 2.24) is 0 Å². The summed E-state index contributed by atoms with van der Waals surface area (Å²) in [6.45, 7) is 10.9. The normalized spacial score (nSPS) is 13.7. The first-order chi connectivity index (χ1) is 12.8. The fourth-order valence-electron chi connectivity index (χ4n) is 3.63. The molecule has 0 aromatic heterocycles. The number of carbonyl (C=O) groups is 1. The average Bonchev–Trinajstić information content (AvgIpc) is 2.62. The van der Waals surface area contributed by atoms with Gasteiger partial charge in [-0.1, -0.05) is 64.2 Å². The zero-order valence-corrected chi connectivity index (χ0v) is 18.3. The lowest BCUT2D eigenvalue weighted by Gasteiger charge is -2.33. The molecule has 0 N–H and O–H groups in total. The number of ether oxygens (including phenoxy) is 2. The van der Waals surface area contributed by atoms with E-state index in [-0.39, 0.29) is 11.9 Å². The number of aryl methyl sites for hydroxylation is 3. The van der Waals surface area contributed by atoms with Crippen LogP contribution in [0.3, 0.4) is 0 Å². The van der Waals surface area contributed by atoms with Gasteiger partial charge in [0.15, 0.2) is 13.1 Å². The number of hydrogen-bond donors (Lipinski definition) is 0. The molecule has 0 saturated carbocycles. The summed E-state index contributed by atoms with van der Waals surface area (Å²) < 4.78 is 11.2. The van der Waals surface area contributed by atoms with Crippen molar-refractivity contribution in [3.8, 4) is 5.75 Å². The molecule has 0 aliphatic rings. The number of benzene rings is 2. The Morgan fingerprint density at radius 1 is 1.11 bits per heavy atom. The van der Waals surface area contributed by atoms with Crippen LogP contribution >= 0.6 is 8.58 Å². The van der Waals surface area contributed by atoms with Gasteiger partial charge in [0.05, 0.1) is 0 Å². The highest BCUT2D eigenvalue weighted by molar-refractivity contribution is 7.48. The van der Waals surface area contributed by atoms with E-state index in [4.69, 9.17) is 9.47 Å². The van der Waals surface area contributed by atoms with Gasteiger partial charge in [-0.15, -0.1) is 0 Å². The maximum atomic E-state index is 11.6. The number of hydrogen-bond acceptors (Lipinski definition) is 3. The molecule has 0 bridgehead atoms. The van der Waals surface area contributed by atoms with E-state index in [2.05, 4.69) is 52.0 Å². The van der Waals surface area contributed by atoms with Gasteiger partial charge in [-0.2, -0.15) is 0 Å². The summed E-state index contributed by atoms with van der Waals surface area (Å²) in [5, 5.41) is 1.00. The van der Waals surface area contributed by atoms with Gasteiger partial charge in [-0.05, 0) is 44.1 Å². The number of methoxy groups -OCH3 is 1. The van der Waals surface area contributed by atoms with Crippen LogP contribution in [-0.2, 0) is 9.89 Å². The summed E-state index contributed by atoms with van der Waals surface area (Å²) in [6, 6.07) is 10.5. The smallest absolute Gasteiger partial charge is 0.188 e. The van der Waals surface area contributed by atoms with Crippen molar-refractivity contribution in [3.63, 3.8) is 0 Å². The van der Waals surface area contributed by atoms with Gasteiger partial charge in [0.2, 0.25) is 0 Å². The van der Waals surface area contributed by atoms with E-state index in [1.54, 1.807) is 7.11 Å². The van der Waals surface area contributed by atoms with Crippen molar-refractivity contribution >= 4 is 20.2 Å². The Morgan fingerprint density at radius 3 is 2.48 bits per heavy atom. The molecule has 0 heterocycles. The Morgan fingerprint density at radius 2 is 1.85 bits per heavy atom. The van der Waals surface area contributed by atoms with Gasteiger partial charge in [0, 0.05) is 23.4 Å². The Kier molecular flexibility index (Phi) is 7.59. The Hall–Kier alpha value is -1.70. The first kappa shape index (κ1) is 21.6. The van der Waals surface area contributed by atoms with Gasteiger partial charge in [-0.25, -0.2) is 0 Å². The lowest BCUT2D eigenvalue weighted by atomic mass is 9.91. The topological polar surface area (TPSA) is 35.5 Å². The third-order valence-electron chi connectivity index (χ3n) is 4.83. The molecule has 0 radical (unpaired) electrons. The largest absolute Gasteiger partial charge is 0.467 e. The van der Waals surface area contributed by atoms with Crippen LogP contribution in [0.15, 0.2) is 30.3 Å². The van der Waals surface area contributed by atoms with Gasteiger partial charge < -0.3 is 9.47 Å². The van der Waals surface area contributed by atoms with Gasteiger partial charge in [0.1, 0.15) is 5.75 Å². The highest BCUT2D eigenvalue weighted by atomic mass is 31.1. The molecule has 0 fully saturated rings. The molecule has 0 saturated heterocycles. The summed E-state index contributed by atoms with van der Waals surface area (Å²) in [4.78, 5) is 11.6. The quantitative estimate of drug-likeness (QED) is 0.328. The van der Waals surface area contributed by atoms with Crippen LogP contribution in [-0.4, -0.2) is 20.2 Å². The van der Waals surface area contributed by atoms with E-state index in [9.17, 15) is 4.79 Å². The zero-order chi connectivity index (χ0) is 20.0. The summed E-state index contributed by atoms with van der Waals surface area (Å²) in [7, 11) is 2.11. The second-order valence-electron chi connectivity index (χ2n) is 7.43. The van der Waals surface area contributed by atoms with E-state index in [1.165, 1.54) is 11.1 Å². The lowest BCUT2D eigenvalue weighted by molar-refractivity contribution is 0.0495. The van der Waals surface area contributed by atoms with E-state index in [1.807, 2.05) is 13.0 Å². The van der Waals surface area contributed by atoms with Crippen molar-refractivity contribution in [2.45, 2.75) is 52.6 Å². The van der Waals surface area contributed by atoms with E-state index >= 15 is 0 Å². The van der Waals surface area contributed by atoms with Gasteiger partial charge >= 0.3 is 0 Å². The van der Waals surface area contributed by atoms with Crippen LogP contribution in [0.5, 0.6) is 5.75 Å². The van der Waals surface area contributed by atoms with Crippen molar-refractivity contribution in [2.24, 2.45) is 0 Å². The second kappa shape index (κ2) is 9.48. The van der Waals surface area contributed by atoms with E-state index in [0.29, 0.717) is 8.58 Å². The number of aldehydes is 1. The van der Waals surface area contributed by atoms with Gasteiger partial charge in [0.25, 0.3) is 0 Å². The first-order valence-corrected chi connectivity index (χ1v) is 10.4. The summed E-state index contributed by atoms with van der Waals surface area (Å²) in [6.07, 6.45) is 3.05. The standard InChI is InChI=1S/C23H31O3P/c1-7-10-23(5,27-21-9-8-16(2)12-19(21)14-24)20-13-17(3)11-18(4)22(20)26-15-25-6/h8-9,11-14,27H,7,10,15H2,1-6H3. The van der Waals surface area contributed by atoms with Crippen molar-refractivity contribution in [1.29, 1.82) is 0 Å². The molecule has 4 heteroatoms. The Labute approximate surface area is 165 Å². The minimum Gasteiger partial charge on any atom is -0.467 e. The molecule has 0 amide bonds. The maximum Gasteiger partial charge on any atom is 0.188 e. The third kappa shape index (κ3) is 5.18. The summed E-state index contributed by atoms with van der Waals surface area (Å²) in [5.74, 6) is 0.908. The molecular formula is C23H31O3P. The predicted molar refractivity (Wildman–Crippen MR) is 115 cm³/mol. The summed E-state index contributed by atoms with van der Waals surface area (Å²) >= 11 is 0. The highest BCUT2D eigenvalue weighted by Crippen LogP contribution is 2.49. The lowest BCUT2D eigenvalue weighted by Crippen LogP contribution is -2.23. The third-order valence-corrected chi connectivity index (χ3v) is 6.62. The van der Waals surface area contributed by atoms with E-state index < -0.39 is 0 Å².